The Balaban J connectivity index is -0.000000465. The van der Waals surface area contributed by atoms with Gasteiger partial charge in [0.05, 0.1) is 70.3 Å². The monoisotopic (exact) mass is 512 g/mol. The first-order valence-corrected chi connectivity index (χ1v) is 10.6. The summed E-state index contributed by atoms with van der Waals surface area (Å²) in [5, 5.41) is 69.4. The Morgan fingerprint density at radius 1 is 0.771 bits per heavy atom. The summed E-state index contributed by atoms with van der Waals surface area (Å²) in [6.45, 7) is 3.55. The van der Waals surface area contributed by atoms with Gasteiger partial charge < -0.3 is 50.3 Å². The maximum atomic E-state index is 10.5. The summed E-state index contributed by atoms with van der Waals surface area (Å²) in [7, 11) is 0. The van der Waals surface area contributed by atoms with Crippen LogP contribution in [0.25, 0.3) is 0 Å². The molecule has 0 amide bonds. The predicted molar refractivity (Wildman–Crippen MR) is 123 cm³/mol. The van der Waals surface area contributed by atoms with E-state index in [9.17, 15) is 14.4 Å². The third-order valence-corrected chi connectivity index (χ3v) is 4.47. The largest absolute Gasteiger partial charge is 0.478 e. The van der Waals surface area contributed by atoms with Gasteiger partial charge >= 0.3 is 17.9 Å². The van der Waals surface area contributed by atoms with Crippen LogP contribution in [-0.4, -0.2) is 118 Å². The van der Waals surface area contributed by atoms with Gasteiger partial charge in [0, 0.05) is 18.6 Å². The Kier molecular flexibility index (Phi) is 24.8. The van der Waals surface area contributed by atoms with Crippen molar-refractivity contribution in [2.75, 3.05) is 59.5 Å². The molecular weight excluding hydrogens is 472 g/mol. The van der Waals surface area contributed by atoms with Crippen molar-refractivity contribution in [1.29, 1.82) is 0 Å². The molecule has 1 aliphatic heterocycles. The summed E-state index contributed by atoms with van der Waals surface area (Å²) in [5.41, 5.74) is -2.32. The lowest BCUT2D eigenvalue weighted by molar-refractivity contribution is -0.142. The Hall–Kier alpha value is -2.39. The number of rotatable bonds is 12. The number of esters is 1. The number of carboxylic acid groups (broad SMARTS) is 2. The highest BCUT2D eigenvalue weighted by Gasteiger charge is 2.32. The van der Waals surface area contributed by atoms with E-state index in [1.807, 2.05) is 0 Å². The molecular formula is C22H40O13. The van der Waals surface area contributed by atoms with Crippen molar-refractivity contribution in [3.05, 3.63) is 25.3 Å². The highest BCUT2D eigenvalue weighted by molar-refractivity contribution is 5.79. The Morgan fingerprint density at radius 2 is 1.11 bits per heavy atom. The standard InChI is InChI=1S/C10H22O7.C6H10O2.2C3H4O2/c11-1-9(2-12,3-13)7-17-8-10(4-14,5-15)6-16;7-6-4-2-1-3-5-8-6;2*1-2-3(4)5/h11-16H,1-8H2;1-5H2;2*2H,1H2,(H,4,5). The molecule has 1 rings (SSSR count). The topological polar surface area (TPSA) is 232 Å². The first-order valence-electron chi connectivity index (χ1n) is 10.6. The van der Waals surface area contributed by atoms with Crippen LogP contribution in [0.1, 0.15) is 25.7 Å². The van der Waals surface area contributed by atoms with Crippen LogP contribution in [0.2, 0.25) is 0 Å². The van der Waals surface area contributed by atoms with Gasteiger partial charge in [-0.1, -0.05) is 13.2 Å². The maximum Gasteiger partial charge on any atom is 0.327 e. The molecule has 0 saturated carbocycles. The van der Waals surface area contributed by atoms with E-state index in [1.165, 1.54) is 0 Å². The lowest BCUT2D eigenvalue weighted by atomic mass is 9.91. The van der Waals surface area contributed by atoms with Crippen molar-refractivity contribution in [2.24, 2.45) is 10.8 Å². The van der Waals surface area contributed by atoms with Crippen molar-refractivity contribution in [3.63, 3.8) is 0 Å². The van der Waals surface area contributed by atoms with E-state index in [1.54, 1.807) is 0 Å². The van der Waals surface area contributed by atoms with Gasteiger partial charge in [0.15, 0.2) is 0 Å². The van der Waals surface area contributed by atoms with Crippen LogP contribution in [0.3, 0.4) is 0 Å². The molecule has 8 N–H and O–H groups in total. The SMILES string of the molecule is C=CC(=O)O.C=CC(=O)O.O=C1CCCCCO1.OCC(CO)(CO)COCC(CO)(CO)CO. The normalized spacial score (nSPS) is 13.1. The fourth-order valence-corrected chi connectivity index (χ4v) is 1.86. The van der Waals surface area contributed by atoms with Gasteiger partial charge in [-0.3, -0.25) is 4.79 Å². The minimum absolute atomic E-state index is 0.0255. The molecule has 206 valence electrons. The van der Waals surface area contributed by atoms with Crippen molar-refractivity contribution in [1.82, 2.24) is 0 Å². The number of cyclic esters (lactones) is 1. The molecule has 35 heavy (non-hydrogen) atoms. The van der Waals surface area contributed by atoms with Crippen molar-refractivity contribution in [2.45, 2.75) is 25.7 Å². The molecule has 0 radical (unpaired) electrons. The van der Waals surface area contributed by atoms with Crippen LogP contribution in [0.4, 0.5) is 0 Å². The molecule has 1 fully saturated rings. The first kappa shape index (κ1) is 37.2. The second-order valence-electron chi connectivity index (χ2n) is 7.56. The smallest absolute Gasteiger partial charge is 0.327 e. The second-order valence-corrected chi connectivity index (χ2v) is 7.56. The molecule has 0 bridgehead atoms. The summed E-state index contributed by atoms with van der Waals surface area (Å²) in [4.78, 5) is 29.0. The van der Waals surface area contributed by atoms with Crippen molar-refractivity contribution in [3.8, 4) is 0 Å². The van der Waals surface area contributed by atoms with Gasteiger partial charge in [-0.05, 0) is 19.3 Å². The average molecular weight is 513 g/mol. The molecule has 0 spiro atoms. The number of carbonyl (C=O) groups excluding carboxylic acids is 1. The number of ether oxygens (including phenoxy) is 2. The lowest BCUT2D eigenvalue weighted by Crippen LogP contribution is -2.43. The molecule has 1 heterocycles. The van der Waals surface area contributed by atoms with E-state index < -0.39 is 62.4 Å². The lowest BCUT2D eigenvalue weighted by Gasteiger charge is -2.31. The van der Waals surface area contributed by atoms with Gasteiger partial charge in [-0.15, -0.1) is 0 Å². The Labute approximate surface area is 204 Å². The number of hydrogen-bond donors (Lipinski definition) is 8. The molecule has 0 aromatic rings. The van der Waals surface area contributed by atoms with E-state index in [-0.39, 0.29) is 19.2 Å². The van der Waals surface area contributed by atoms with Crippen molar-refractivity contribution < 1.29 is 64.7 Å². The maximum absolute atomic E-state index is 10.5. The van der Waals surface area contributed by atoms with Gasteiger partial charge in [-0.2, -0.15) is 0 Å². The Bertz CT molecular complexity index is 519. The summed E-state index contributed by atoms with van der Waals surface area (Å²) >= 11 is 0. The summed E-state index contributed by atoms with van der Waals surface area (Å²) in [6.07, 6.45) is 5.50. The third kappa shape index (κ3) is 20.7. The van der Waals surface area contributed by atoms with E-state index >= 15 is 0 Å². The molecule has 0 aliphatic carbocycles. The van der Waals surface area contributed by atoms with Crippen LogP contribution >= 0.6 is 0 Å². The zero-order chi connectivity index (χ0) is 27.8. The van der Waals surface area contributed by atoms with Crippen LogP contribution in [0.15, 0.2) is 25.3 Å². The first-order chi connectivity index (χ1) is 16.5. The fraction of sp³-hybridized carbons (Fsp3) is 0.682. The average Bonchev–Trinajstić information content (AvgIpc) is 3.13. The predicted octanol–water partition coefficient (Wildman–Crippen LogP) is -1.45. The number of carbonyl (C=O) groups is 3. The molecule has 1 aliphatic rings. The molecule has 0 aromatic carbocycles. The minimum Gasteiger partial charge on any atom is -0.478 e. The zero-order valence-electron chi connectivity index (χ0n) is 19.9. The van der Waals surface area contributed by atoms with Gasteiger partial charge in [0.2, 0.25) is 0 Å². The molecule has 0 atom stereocenters. The number of hydrogen-bond acceptors (Lipinski definition) is 11. The summed E-state index contributed by atoms with van der Waals surface area (Å²) in [6, 6.07) is 0. The number of carboxylic acids is 2. The molecule has 0 unspecified atom stereocenters. The molecule has 13 nitrogen and oxygen atoms in total. The van der Waals surface area contributed by atoms with E-state index in [0.717, 1.165) is 31.4 Å². The summed E-state index contributed by atoms with van der Waals surface area (Å²) < 4.78 is 9.91. The third-order valence-electron chi connectivity index (χ3n) is 4.47. The number of aliphatic hydroxyl groups excluding tert-OH is 6. The summed E-state index contributed by atoms with van der Waals surface area (Å²) in [5.74, 6) is -1.99. The number of aliphatic carboxylic acids is 2. The van der Waals surface area contributed by atoms with Gasteiger partial charge in [-0.25, -0.2) is 9.59 Å². The second kappa shape index (κ2) is 23.4. The zero-order valence-corrected chi connectivity index (χ0v) is 19.9. The fourth-order valence-electron chi connectivity index (χ4n) is 1.86. The van der Waals surface area contributed by atoms with Crippen LogP contribution in [-0.2, 0) is 23.9 Å². The van der Waals surface area contributed by atoms with Gasteiger partial charge in [0.1, 0.15) is 0 Å². The van der Waals surface area contributed by atoms with Crippen molar-refractivity contribution >= 4 is 17.9 Å². The Morgan fingerprint density at radius 3 is 1.40 bits per heavy atom. The van der Waals surface area contributed by atoms with E-state index in [4.69, 9.17) is 50.3 Å². The van der Waals surface area contributed by atoms with Crippen LogP contribution in [0, 0.1) is 10.8 Å². The van der Waals surface area contributed by atoms with E-state index in [2.05, 4.69) is 13.2 Å². The van der Waals surface area contributed by atoms with Crippen LogP contribution < -0.4 is 0 Å². The quantitative estimate of drug-likeness (QED) is 0.111. The molecule has 13 heteroatoms. The highest BCUT2D eigenvalue weighted by atomic mass is 16.5. The van der Waals surface area contributed by atoms with E-state index in [0.29, 0.717) is 13.0 Å². The minimum atomic E-state index is -1.16. The highest BCUT2D eigenvalue weighted by Crippen LogP contribution is 2.19. The number of aliphatic hydroxyl groups is 6. The van der Waals surface area contributed by atoms with Crippen LogP contribution in [0.5, 0.6) is 0 Å². The molecule has 0 aromatic heterocycles. The molecule has 1 saturated heterocycles. The van der Waals surface area contributed by atoms with Gasteiger partial charge in [0.25, 0.3) is 0 Å².